The lowest BCUT2D eigenvalue weighted by molar-refractivity contribution is -0.115. The first-order valence-corrected chi connectivity index (χ1v) is 9.88. The zero-order valence-corrected chi connectivity index (χ0v) is 15.9. The molecule has 0 radical (unpaired) electrons. The van der Waals surface area contributed by atoms with Gasteiger partial charge in [0.1, 0.15) is 0 Å². The second-order valence-electron chi connectivity index (χ2n) is 5.68. The lowest BCUT2D eigenvalue weighted by Crippen LogP contribution is -2.17. The van der Waals surface area contributed by atoms with Gasteiger partial charge in [0, 0.05) is 18.2 Å². The van der Waals surface area contributed by atoms with Crippen molar-refractivity contribution in [3.8, 4) is 11.5 Å². The molecule has 0 spiro atoms. The fraction of sp³-hybridized carbons (Fsp3) is 0.316. The number of ether oxygens (including phenoxy) is 2. The minimum Gasteiger partial charge on any atom is -0.493 e. The monoisotopic (exact) mass is 377 g/mol. The summed E-state index contributed by atoms with van der Waals surface area (Å²) < 4.78 is 35.2. The minimum absolute atomic E-state index is 0.0928. The van der Waals surface area contributed by atoms with Crippen LogP contribution in [-0.4, -0.2) is 34.3 Å². The predicted molar refractivity (Wildman–Crippen MR) is 101 cm³/mol. The van der Waals surface area contributed by atoms with E-state index < -0.39 is 9.84 Å². The van der Waals surface area contributed by atoms with Gasteiger partial charge < -0.3 is 14.8 Å². The summed E-state index contributed by atoms with van der Waals surface area (Å²) in [6, 6.07) is 11.8. The van der Waals surface area contributed by atoms with Gasteiger partial charge in [0.05, 0.1) is 24.9 Å². The molecule has 0 atom stereocenters. The van der Waals surface area contributed by atoms with Crippen molar-refractivity contribution in [2.24, 2.45) is 0 Å². The van der Waals surface area contributed by atoms with Crippen LogP contribution >= 0.6 is 0 Å². The summed E-state index contributed by atoms with van der Waals surface area (Å²) >= 11 is 0. The molecule has 0 unspecified atom stereocenters. The van der Waals surface area contributed by atoms with Gasteiger partial charge in [0.15, 0.2) is 21.3 Å². The molecule has 140 valence electrons. The van der Waals surface area contributed by atoms with Gasteiger partial charge in [-0.1, -0.05) is 19.1 Å². The molecule has 0 aromatic heterocycles. The maximum absolute atomic E-state index is 12.5. The van der Waals surface area contributed by atoms with Crippen LogP contribution in [-0.2, 0) is 21.1 Å². The van der Waals surface area contributed by atoms with Crippen molar-refractivity contribution in [2.75, 3.05) is 25.3 Å². The Bertz CT molecular complexity index is 860. The van der Waals surface area contributed by atoms with Gasteiger partial charge in [-0.15, -0.1) is 0 Å². The zero-order valence-electron chi connectivity index (χ0n) is 15.1. The number of benzene rings is 2. The molecule has 0 heterocycles. The molecule has 6 nitrogen and oxygen atoms in total. The highest BCUT2D eigenvalue weighted by atomic mass is 32.2. The number of carbonyl (C=O) groups is 1. The van der Waals surface area contributed by atoms with Crippen molar-refractivity contribution >= 4 is 21.4 Å². The minimum atomic E-state index is -3.61. The average molecular weight is 377 g/mol. The second-order valence-corrected chi connectivity index (χ2v) is 7.79. The summed E-state index contributed by atoms with van der Waals surface area (Å²) in [5.74, 6) is 0.133. The first kappa shape index (κ1) is 19.8. The highest BCUT2D eigenvalue weighted by molar-refractivity contribution is 7.91. The van der Waals surface area contributed by atoms with E-state index in [1.54, 1.807) is 12.1 Å². The van der Waals surface area contributed by atoms with Crippen molar-refractivity contribution in [2.45, 2.75) is 24.7 Å². The van der Waals surface area contributed by atoms with E-state index >= 15 is 0 Å². The Balaban J connectivity index is 2.01. The number of hydrogen-bond acceptors (Lipinski definition) is 5. The van der Waals surface area contributed by atoms with E-state index in [2.05, 4.69) is 5.32 Å². The average Bonchev–Trinajstić information content (AvgIpc) is 2.66. The van der Waals surface area contributed by atoms with Gasteiger partial charge >= 0.3 is 0 Å². The number of methoxy groups -OCH3 is 2. The van der Waals surface area contributed by atoms with Crippen LogP contribution in [0.4, 0.5) is 5.69 Å². The maximum atomic E-state index is 12.5. The zero-order chi connectivity index (χ0) is 19.2. The molecule has 7 heteroatoms. The molecule has 2 rings (SSSR count). The van der Waals surface area contributed by atoms with Crippen LogP contribution in [0.3, 0.4) is 0 Å². The molecule has 0 aliphatic rings. The lowest BCUT2D eigenvalue weighted by Gasteiger charge is -2.10. The van der Waals surface area contributed by atoms with Crippen molar-refractivity contribution in [3.63, 3.8) is 0 Å². The Morgan fingerprint density at radius 3 is 2.23 bits per heavy atom. The molecule has 0 saturated heterocycles. The van der Waals surface area contributed by atoms with Crippen LogP contribution < -0.4 is 14.8 Å². The van der Waals surface area contributed by atoms with E-state index in [1.807, 2.05) is 19.1 Å². The molecular weight excluding hydrogens is 354 g/mol. The molecule has 1 amide bonds. The Morgan fingerprint density at radius 2 is 1.65 bits per heavy atom. The van der Waals surface area contributed by atoms with E-state index in [1.165, 1.54) is 38.0 Å². The smallest absolute Gasteiger partial charge is 0.225 e. The molecule has 26 heavy (non-hydrogen) atoms. The first-order chi connectivity index (χ1) is 12.4. The van der Waals surface area contributed by atoms with Crippen molar-refractivity contribution in [1.29, 1.82) is 0 Å². The number of carbonyl (C=O) groups excluding carboxylic acids is 1. The largest absolute Gasteiger partial charge is 0.493 e. The molecule has 0 bridgehead atoms. The Morgan fingerprint density at radius 1 is 1.00 bits per heavy atom. The molecule has 0 aliphatic heterocycles. The van der Waals surface area contributed by atoms with E-state index in [9.17, 15) is 13.2 Å². The summed E-state index contributed by atoms with van der Waals surface area (Å²) in [5.41, 5.74) is 1.81. The third-order valence-electron chi connectivity index (χ3n) is 3.96. The third-order valence-corrected chi connectivity index (χ3v) is 5.67. The van der Waals surface area contributed by atoms with Crippen LogP contribution in [0.25, 0.3) is 0 Å². The first-order valence-electron chi connectivity index (χ1n) is 8.23. The van der Waals surface area contributed by atoms with Gasteiger partial charge in [0.2, 0.25) is 5.91 Å². The van der Waals surface area contributed by atoms with E-state index in [-0.39, 0.29) is 23.0 Å². The van der Waals surface area contributed by atoms with Crippen molar-refractivity contribution < 1.29 is 22.7 Å². The van der Waals surface area contributed by atoms with Crippen LogP contribution in [0.5, 0.6) is 11.5 Å². The summed E-state index contributed by atoms with van der Waals surface area (Å²) in [6.45, 7) is 2.05. The summed E-state index contributed by atoms with van der Waals surface area (Å²) in [7, 11) is -0.701. The topological polar surface area (TPSA) is 81.7 Å². The number of rotatable bonds is 8. The van der Waals surface area contributed by atoms with Crippen LogP contribution in [0.1, 0.15) is 18.9 Å². The number of nitrogens with one attached hydrogen (secondary N) is 1. The Hall–Kier alpha value is -2.54. The van der Waals surface area contributed by atoms with Gasteiger partial charge in [-0.3, -0.25) is 4.79 Å². The van der Waals surface area contributed by atoms with Crippen LogP contribution in [0.2, 0.25) is 0 Å². The highest BCUT2D eigenvalue weighted by Crippen LogP contribution is 2.29. The van der Waals surface area contributed by atoms with Crippen molar-refractivity contribution in [1.82, 2.24) is 0 Å². The lowest BCUT2D eigenvalue weighted by atomic mass is 10.1. The fourth-order valence-electron chi connectivity index (χ4n) is 2.40. The molecule has 0 saturated carbocycles. The molecule has 1 N–H and O–H groups in total. The third kappa shape index (κ3) is 4.98. The quantitative estimate of drug-likeness (QED) is 0.765. The number of amides is 1. The second kappa shape index (κ2) is 8.71. The molecule has 0 fully saturated rings. The number of anilines is 1. The summed E-state index contributed by atoms with van der Waals surface area (Å²) in [6.07, 6.45) is 0.782. The predicted octanol–water partition coefficient (Wildman–Crippen LogP) is 3.07. The van der Waals surface area contributed by atoms with E-state index in [0.717, 1.165) is 6.42 Å². The molecule has 0 aliphatic carbocycles. The normalized spacial score (nSPS) is 11.0. The molecular formula is C19H23NO5S. The van der Waals surface area contributed by atoms with Crippen LogP contribution in [0.15, 0.2) is 47.4 Å². The fourth-order valence-corrected chi connectivity index (χ4v) is 3.65. The molecule has 2 aromatic carbocycles. The number of aryl methyl sites for hydroxylation is 1. The van der Waals surface area contributed by atoms with Crippen LogP contribution in [0, 0.1) is 0 Å². The maximum Gasteiger partial charge on any atom is 0.225 e. The van der Waals surface area contributed by atoms with Crippen molar-refractivity contribution in [3.05, 3.63) is 48.0 Å². The summed E-state index contributed by atoms with van der Waals surface area (Å²) in [4.78, 5) is 12.1. The Labute approximate surface area is 154 Å². The standard InChI is InChI=1S/C19H23NO5S/c1-4-14-5-7-15(8-6-14)20-19(21)11-12-26(22,23)16-9-10-17(24-2)18(13-16)25-3/h5-10,13H,4,11-12H2,1-3H3,(H,20,21). The van der Waals surface area contributed by atoms with Gasteiger partial charge in [-0.25, -0.2) is 8.42 Å². The number of hydrogen-bond donors (Lipinski definition) is 1. The van der Waals surface area contributed by atoms with Gasteiger partial charge in [0.25, 0.3) is 0 Å². The van der Waals surface area contributed by atoms with E-state index in [4.69, 9.17) is 9.47 Å². The van der Waals surface area contributed by atoms with Gasteiger partial charge in [-0.2, -0.15) is 0 Å². The number of sulfone groups is 1. The summed E-state index contributed by atoms with van der Waals surface area (Å²) in [5, 5.41) is 2.71. The SMILES string of the molecule is CCc1ccc(NC(=O)CCS(=O)(=O)c2ccc(OC)c(OC)c2)cc1. The van der Waals surface area contributed by atoms with Gasteiger partial charge in [-0.05, 0) is 36.2 Å². The molecule has 2 aromatic rings. The Kier molecular flexibility index (Phi) is 6.63. The van der Waals surface area contributed by atoms with E-state index in [0.29, 0.717) is 17.2 Å². The highest BCUT2D eigenvalue weighted by Gasteiger charge is 2.19.